The van der Waals surface area contributed by atoms with Gasteiger partial charge in [0.05, 0.1) is 39.9 Å². The summed E-state index contributed by atoms with van der Waals surface area (Å²) < 4.78 is 3.61. The van der Waals surface area contributed by atoms with E-state index in [2.05, 4.69) is 26.6 Å². The van der Waals surface area contributed by atoms with Crippen molar-refractivity contribution in [2.75, 3.05) is 5.32 Å². The summed E-state index contributed by atoms with van der Waals surface area (Å²) >= 11 is 6.26. The van der Waals surface area contributed by atoms with Crippen molar-refractivity contribution in [1.82, 2.24) is 19.4 Å². The van der Waals surface area contributed by atoms with Gasteiger partial charge in [0.1, 0.15) is 11.6 Å². The van der Waals surface area contributed by atoms with E-state index in [4.69, 9.17) is 23.1 Å². The fourth-order valence-corrected chi connectivity index (χ4v) is 4.59. The van der Waals surface area contributed by atoms with Gasteiger partial charge in [0, 0.05) is 48.7 Å². The number of rotatable bonds is 5. The molecule has 6 N–H and O–H groups in total. The SMILES string of the molecule is Cn1cc(-c2cc3c(NC4CCC(N)CC4)c(C(N)=Nc4ccc(O)cc4Cl)cnn3c2)cn1. The standard InChI is InChI=1S/C24H27ClN8O/c1-32-12-15(10-28-32)14-8-22-23(30-17-4-2-16(26)3-5-17)19(11-29-33(22)13-14)24(27)31-21-7-6-18(34)9-20(21)25/h6-13,16-17,30,34H,2-5,26H2,1H3,(H2,27,31). The van der Waals surface area contributed by atoms with Crippen LogP contribution in [0.3, 0.4) is 0 Å². The second kappa shape index (κ2) is 9.00. The normalized spacial score (nSPS) is 19.0. The van der Waals surface area contributed by atoms with Crippen LogP contribution in [0.4, 0.5) is 11.4 Å². The Morgan fingerprint density at radius 1 is 1.12 bits per heavy atom. The van der Waals surface area contributed by atoms with E-state index < -0.39 is 0 Å². The molecule has 0 radical (unpaired) electrons. The third-order valence-electron chi connectivity index (χ3n) is 6.24. The number of nitrogens with two attached hydrogens (primary N) is 2. The molecule has 1 saturated carbocycles. The van der Waals surface area contributed by atoms with Crippen LogP contribution in [0.1, 0.15) is 31.2 Å². The van der Waals surface area contributed by atoms with E-state index in [9.17, 15) is 5.11 Å². The minimum absolute atomic E-state index is 0.0691. The quantitative estimate of drug-likeness (QED) is 0.255. The number of hydrogen-bond donors (Lipinski definition) is 4. The van der Waals surface area contributed by atoms with Crippen molar-refractivity contribution in [2.24, 2.45) is 23.5 Å². The Hall–Kier alpha value is -3.56. The Morgan fingerprint density at radius 3 is 2.62 bits per heavy atom. The van der Waals surface area contributed by atoms with Crippen LogP contribution in [0.25, 0.3) is 16.6 Å². The summed E-state index contributed by atoms with van der Waals surface area (Å²) in [5.74, 6) is 0.348. The summed E-state index contributed by atoms with van der Waals surface area (Å²) in [4.78, 5) is 4.54. The molecule has 0 saturated heterocycles. The highest BCUT2D eigenvalue weighted by molar-refractivity contribution is 6.33. The smallest absolute Gasteiger partial charge is 0.135 e. The topological polar surface area (TPSA) is 132 Å². The number of fused-ring (bicyclic) bond motifs is 1. The van der Waals surface area contributed by atoms with Gasteiger partial charge in [0.25, 0.3) is 0 Å². The number of phenols is 1. The third kappa shape index (κ3) is 4.44. The molecule has 3 aromatic heterocycles. The van der Waals surface area contributed by atoms with Crippen molar-refractivity contribution >= 4 is 34.3 Å². The third-order valence-corrected chi connectivity index (χ3v) is 6.55. The molecule has 1 aliphatic rings. The number of hydrogen-bond acceptors (Lipinski definition) is 6. The number of aryl methyl sites for hydroxylation is 1. The minimum atomic E-state index is 0.0691. The molecule has 1 aromatic carbocycles. The fraction of sp³-hybridized carbons (Fsp3) is 0.292. The van der Waals surface area contributed by atoms with Gasteiger partial charge in [-0.25, -0.2) is 9.51 Å². The van der Waals surface area contributed by atoms with E-state index in [0.29, 0.717) is 16.3 Å². The van der Waals surface area contributed by atoms with Crippen LogP contribution >= 0.6 is 11.6 Å². The summed E-state index contributed by atoms with van der Waals surface area (Å²) in [6.07, 6.45) is 11.4. The predicted octanol–water partition coefficient (Wildman–Crippen LogP) is 3.81. The number of aliphatic imine (C=N–C) groups is 1. The van der Waals surface area contributed by atoms with Crippen LogP contribution in [0, 0.1) is 0 Å². The first-order valence-electron chi connectivity index (χ1n) is 11.2. The van der Waals surface area contributed by atoms with Crippen LogP contribution in [-0.2, 0) is 7.05 Å². The maximum Gasteiger partial charge on any atom is 0.135 e. The molecule has 0 bridgehead atoms. The van der Waals surface area contributed by atoms with Crippen molar-refractivity contribution < 1.29 is 5.11 Å². The van der Waals surface area contributed by atoms with E-state index in [-0.39, 0.29) is 23.7 Å². The molecule has 10 heteroatoms. The fourth-order valence-electron chi connectivity index (χ4n) is 4.37. The Labute approximate surface area is 202 Å². The van der Waals surface area contributed by atoms with Crippen LogP contribution in [0.15, 0.2) is 54.0 Å². The molecular formula is C24H27ClN8O. The van der Waals surface area contributed by atoms with Crippen molar-refractivity contribution in [3.63, 3.8) is 0 Å². The summed E-state index contributed by atoms with van der Waals surface area (Å²) in [6, 6.07) is 7.19. The average Bonchev–Trinajstić information content (AvgIpc) is 3.43. The number of anilines is 1. The van der Waals surface area contributed by atoms with Gasteiger partial charge in [-0.15, -0.1) is 0 Å². The number of amidine groups is 1. The van der Waals surface area contributed by atoms with E-state index in [1.807, 2.05) is 30.2 Å². The van der Waals surface area contributed by atoms with Crippen LogP contribution in [0.2, 0.25) is 5.02 Å². The molecule has 4 aromatic rings. The van der Waals surface area contributed by atoms with E-state index in [1.165, 1.54) is 12.1 Å². The molecule has 0 amide bonds. The number of nitrogens with zero attached hydrogens (tertiary/aromatic N) is 5. The molecule has 3 heterocycles. The Balaban J connectivity index is 1.60. The zero-order valence-electron chi connectivity index (χ0n) is 18.8. The van der Waals surface area contributed by atoms with Crippen LogP contribution in [-0.4, -0.2) is 42.4 Å². The number of benzene rings is 1. The van der Waals surface area contributed by atoms with Gasteiger partial charge in [-0.05, 0) is 43.9 Å². The summed E-state index contributed by atoms with van der Waals surface area (Å²) in [5, 5.41) is 22.5. The van der Waals surface area contributed by atoms with Crippen molar-refractivity contribution in [3.05, 3.63) is 59.6 Å². The molecule has 176 valence electrons. The van der Waals surface area contributed by atoms with E-state index in [0.717, 1.165) is 48.0 Å². The number of phenolic OH excluding ortho intramolecular Hbond substituents is 1. The first-order valence-corrected chi connectivity index (χ1v) is 11.6. The molecule has 5 rings (SSSR count). The van der Waals surface area contributed by atoms with Gasteiger partial charge < -0.3 is 21.9 Å². The maximum atomic E-state index is 9.65. The number of halogens is 1. The lowest BCUT2D eigenvalue weighted by Gasteiger charge is -2.28. The Kier molecular flexibility index (Phi) is 5.89. The maximum absolute atomic E-state index is 9.65. The van der Waals surface area contributed by atoms with Crippen molar-refractivity contribution in [2.45, 2.75) is 37.8 Å². The molecule has 1 aliphatic carbocycles. The zero-order valence-corrected chi connectivity index (χ0v) is 19.6. The molecule has 34 heavy (non-hydrogen) atoms. The van der Waals surface area contributed by atoms with Gasteiger partial charge in [0.15, 0.2) is 0 Å². The average molecular weight is 479 g/mol. The van der Waals surface area contributed by atoms with Crippen LogP contribution in [0.5, 0.6) is 5.75 Å². The van der Waals surface area contributed by atoms with Gasteiger partial charge in [-0.2, -0.15) is 10.2 Å². The molecule has 9 nitrogen and oxygen atoms in total. The molecule has 0 aliphatic heterocycles. The monoisotopic (exact) mass is 478 g/mol. The van der Waals surface area contributed by atoms with Gasteiger partial charge in [-0.3, -0.25) is 4.68 Å². The largest absolute Gasteiger partial charge is 0.508 e. The van der Waals surface area contributed by atoms with Crippen molar-refractivity contribution in [3.8, 4) is 16.9 Å². The van der Waals surface area contributed by atoms with Crippen LogP contribution < -0.4 is 16.8 Å². The highest BCUT2D eigenvalue weighted by atomic mass is 35.5. The Bertz CT molecular complexity index is 1370. The summed E-state index contributed by atoms with van der Waals surface area (Å²) in [7, 11) is 1.89. The Morgan fingerprint density at radius 2 is 1.91 bits per heavy atom. The number of aromatic hydroxyl groups is 1. The highest BCUT2D eigenvalue weighted by Crippen LogP contribution is 2.33. The second-order valence-corrected chi connectivity index (χ2v) is 9.19. The molecule has 0 spiro atoms. The number of nitrogens with one attached hydrogen (secondary N) is 1. The molecule has 0 atom stereocenters. The first-order chi connectivity index (χ1) is 16.4. The first kappa shape index (κ1) is 22.2. The van der Waals surface area contributed by atoms with E-state index in [1.54, 1.807) is 16.9 Å². The molecule has 0 unspecified atom stereocenters. The lowest BCUT2D eigenvalue weighted by atomic mass is 9.91. The van der Waals surface area contributed by atoms with Gasteiger partial charge in [-0.1, -0.05) is 11.6 Å². The lowest BCUT2D eigenvalue weighted by molar-refractivity contribution is 0.411. The minimum Gasteiger partial charge on any atom is -0.508 e. The second-order valence-electron chi connectivity index (χ2n) is 8.78. The van der Waals surface area contributed by atoms with Gasteiger partial charge in [0.2, 0.25) is 0 Å². The molecule has 1 fully saturated rings. The number of aromatic nitrogens is 4. The molecular weight excluding hydrogens is 452 g/mol. The van der Waals surface area contributed by atoms with Crippen molar-refractivity contribution in [1.29, 1.82) is 0 Å². The summed E-state index contributed by atoms with van der Waals surface area (Å²) in [5.41, 5.74) is 17.5. The van der Waals surface area contributed by atoms with Gasteiger partial charge >= 0.3 is 0 Å². The zero-order chi connectivity index (χ0) is 23.8. The predicted molar refractivity (Wildman–Crippen MR) is 135 cm³/mol. The highest BCUT2D eigenvalue weighted by Gasteiger charge is 2.22. The van der Waals surface area contributed by atoms with E-state index >= 15 is 0 Å². The summed E-state index contributed by atoms with van der Waals surface area (Å²) in [6.45, 7) is 0. The lowest BCUT2D eigenvalue weighted by Crippen LogP contribution is -2.33.